The highest BCUT2D eigenvalue weighted by Crippen LogP contribution is 2.08. The SMILES string of the molecule is CC(=O)c1c(Cl)c(=O)[nH]n1C. The van der Waals surface area contributed by atoms with Gasteiger partial charge in [-0.2, -0.15) is 0 Å². The van der Waals surface area contributed by atoms with E-state index in [1.807, 2.05) is 0 Å². The summed E-state index contributed by atoms with van der Waals surface area (Å²) in [5, 5.41) is 2.32. The summed E-state index contributed by atoms with van der Waals surface area (Å²) in [5.41, 5.74) is -0.212. The summed E-state index contributed by atoms with van der Waals surface area (Å²) in [6.45, 7) is 1.36. The van der Waals surface area contributed by atoms with E-state index >= 15 is 0 Å². The first kappa shape index (κ1) is 8.07. The molecule has 1 rings (SSSR count). The van der Waals surface area contributed by atoms with Crippen LogP contribution in [0.5, 0.6) is 0 Å². The van der Waals surface area contributed by atoms with Gasteiger partial charge < -0.3 is 0 Å². The maximum Gasteiger partial charge on any atom is 0.283 e. The van der Waals surface area contributed by atoms with Crippen LogP contribution in [-0.2, 0) is 7.05 Å². The molecule has 0 amide bonds. The Balaban J connectivity index is 3.46. The Hall–Kier alpha value is -1.03. The van der Waals surface area contributed by atoms with Crippen LogP contribution in [0.1, 0.15) is 17.4 Å². The first-order chi connectivity index (χ1) is 5.04. The molecule has 0 bridgehead atoms. The number of Topliss-reactive ketones (excluding diaryl/α,β-unsaturated/α-hetero) is 1. The average molecular weight is 175 g/mol. The van der Waals surface area contributed by atoms with Crippen LogP contribution in [0.4, 0.5) is 0 Å². The molecule has 0 aliphatic heterocycles. The largest absolute Gasteiger partial charge is 0.293 e. The summed E-state index contributed by atoms with van der Waals surface area (Å²) >= 11 is 5.52. The van der Waals surface area contributed by atoms with Crippen molar-refractivity contribution in [2.24, 2.45) is 7.05 Å². The van der Waals surface area contributed by atoms with Gasteiger partial charge in [0.25, 0.3) is 5.56 Å². The van der Waals surface area contributed by atoms with Crippen LogP contribution in [0.25, 0.3) is 0 Å². The first-order valence-corrected chi connectivity index (χ1v) is 3.37. The fourth-order valence-electron chi connectivity index (χ4n) is 0.903. The van der Waals surface area contributed by atoms with Gasteiger partial charge in [0.2, 0.25) is 0 Å². The van der Waals surface area contributed by atoms with Crippen LogP contribution in [-0.4, -0.2) is 15.6 Å². The normalized spacial score (nSPS) is 10.1. The summed E-state index contributed by atoms with van der Waals surface area (Å²) in [6, 6.07) is 0. The second-order valence-corrected chi connectivity index (χ2v) is 2.60. The van der Waals surface area contributed by atoms with Crippen molar-refractivity contribution in [3.63, 3.8) is 0 Å². The Kier molecular flexibility index (Phi) is 1.87. The average Bonchev–Trinajstić information content (AvgIpc) is 2.07. The molecule has 0 atom stereocenters. The lowest BCUT2D eigenvalue weighted by atomic mass is 10.3. The number of hydrogen-bond acceptors (Lipinski definition) is 2. The van der Waals surface area contributed by atoms with Crippen molar-refractivity contribution in [2.45, 2.75) is 6.92 Å². The van der Waals surface area contributed by atoms with E-state index in [9.17, 15) is 9.59 Å². The van der Waals surface area contributed by atoms with Crippen LogP contribution in [0.2, 0.25) is 5.02 Å². The van der Waals surface area contributed by atoms with Crippen molar-refractivity contribution in [1.82, 2.24) is 9.78 Å². The zero-order valence-electron chi connectivity index (χ0n) is 6.14. The van der Waals surface area contributed by atoms with Gasteiger partial charge >= 0.3 is 0 Å². The molecule has 1 heterocycles. The Bertz CT molecular complexity index is 350. The van der Waals surface area contributed by atoms with Gasteiger partial charge in [0, 0.05) is 14.0 Å². The number of hydrogen-bond donors (Lipinski definition) is 1. The highest BCUT2D eigenvalue weighted by molar-refractivity contribution is 6.33. The first-order valence-electron chi connectivity index (χ1n) is 2.99. The molecular formula is C6H7ClN2O2. The monoisotopic (exact) mass is 174 g/mol. The summed E-state index contributed by atoms with van der Waals surface area (Å²) in [7, 11) is 1.56. The minimum atomic E-state index is -0.431. The Labute approximate surface area is 67.8 Å². The summed E-state index contributed by atoms with van der Waals surface area (Å²) in [6.07, 6.45) is 0. The second kappa shape index (κ2) is 2.54. The maximum absolute atomic E-state index is 10.8. The zero-order valence-corrected chi connectivity index (χ0v) is 6.90. The van der Waals surface area contributed by atoms with Crippen LogP contribution in [0, 0.1) is 0 Å². The molecule has 4 nitrogen and oxygen atoms in total. The smallest absolute Gasteiger partial charge is 0.283 e. The predicted molar refractivity (Wildman–Crippen MR) is 41.0 cm³/mol. The van der Waals surface area contributed by atoms with E-state index in [0.717, 1.165) is 0 Å². The molecule has 1 aromatic rings. The molecule has 0 aliphatic rings. The third-order valence-corrected chi connectivity index (χ3v) is 1.70. The highest BCUT2D eigenvalue weighted by Gasteiger charge is 2.13. The van der Waals surface area contributed by atoms with E-state index in [1.165, 1.54) is 11.6 Å². The highest BCUT2D eigenvalue weighted by atomic mass is 35.5. The van der Waals surface area contributed by atoms with E-state index in [4.69, 9.17) is 11.6 Å². The fraction of sp³-hybridized carbons (Fsp3) is 0.333. The molecular weight excluding hydrogens is 168 g/mol. The van der Waals surface area contributed by atoms with Gasteiger partial charge in [-0.05, 0) is 0 Å². The minimum absolute atomic E-state index is 0.0417. The Morgan fingerprint density at radius 3 is 2.36 bits per heavy atom. The number of aromatic nitrogens is 2. The second-order valence-electron chi connectivity index (χ2n) is 2.22. The van der Waals surface area contributed by atoms with Crippen LogP contribution in [0.3, 0.4) is 0 Å². The Morgan fingerprint density at radius 2 is 2.18 bits per heavy atom. The number of aromatic amines is 1. The number of nitrogens with one attached hydrogen (secondary N) is 1. The lowest BCUT2D eigenvalue weighted by Crippen LogP contribution is -2.03. The lowest BCUT2D eigenvalue weighted by Gasteiger charge is -1.95. The molecule has 5 heteroatoms. The van der Waals surface area contributed by atoms with Crippen molar-refractivity contribution in [3.8, 4) is 0 Å². The fourth-order valence-corrected chi connectivity index (χ4v) is 1.20. The quantitative estimate of drug-likeness (QED) is 0.633. The van der Waals surface area contributed by atoms with Gasteiger partial charge in [-0.1, -0.05) is 11.6 Å². The third kappa shape index (κ3) is 1.21. The van der Waals surface area contributed by atoms with Crippen LogP contribution < -0.4 is 5.56 Å². The van der Waals surface area contributed by atoms with Gasteiger partial charge in [-0.25, -0.2) is 0 Å². The zero-order chi connectivity index (χ0) is 8.59. The van der Waals surface area contributed by atoms with Crippen molar-refractivity contribution >= 4 is 17.4 Å². The van der Waals surface area contributed by atoms with Crippen molar-refractivity contribution in [3.05, 3.63) is 21.1 Å². The molecule has 0 spiro atoms. The number of ketones is 1. The minimum Gasteiger partial charge on any atom is -0.293 e. The molecule has 11 heavy (non-hydrogen) atoms. The topological polar surface area (TPSA) is 54.9 Å². The van der Waals surface area contributed by atoms with Gasteiger partial charge in [0.05, 0.1) is 0 Å². The number of H-pyrrole nitrogens is 1. The molecule has 1 N–H and O–H groups in total. The number of carbonyl (C=O) groups excluding carboxylic acids is 1. The molecule has 0 saturated heterocycles. The molecule has 0 aliphatic carbocycles. The van der Waals surface area contributed by atoms with Gasteiger partial charge in [0.15, 0.2) is 5.78 Å². The van der Waals surface area contributed by atoms with Crippen molar-refractivity contribution < 1.29 is 4.79 Å². The molecule has 0 saturated carbocycles. The van der Waals surface area contributed by atoms with Gasteiger partial charge in [-0.15, -0.1) is 0 Å². The third-order valence-electron chi connectivity index (χ3n) is 1.35. The van der Waals surface area contributed by atoms with Gasteiger partial charge in [-0.3, -0.25) is 19.4 Å². The number of nitrogens with zero attached hydrogens (tertiary/aromatic N) is 1. The molecule has 0 fully saturated rings. The van der Waals surface area contributed by atoms with Crippen molar-refractivity contribution in [2.75, 3.05) is 0 Å². The lowest BCUT2D eigenvalue weighted by molar-refractivity contribution is 0.100. The maximum atomic E-state index is 10.8. The van der Waals surface area contributed by atoms with E-state index in [-0.39, 0.29) is 16.5 Å². The number of aryl methyl sites for hydroxylation is 1. The molecule has 1 aromatic heterocycles. The predicted octanol–water partition coefficient (Wildman–Crippen LogP) is 0.569. The van der Waals surface area contributed by atoms with Crippen molar-refractivity contribution in [1.29, 1.82) is 0 Å². The molecule has 0 unspecified atom stereocenters. The number of halogens is 1. The number of carbonyl (C=O) groups is 1. The van der Waals surface area contributed by atoms with Crippen LogP contribution in [0.15, 0.2) is 4.79 Å². The molecule has 0 radical (unpaired) electrons. The van der Waals surface area contributed by atoms with Gasteiger partial charge in [0.1, 0.15) is 10.7 Å². The summed E-state index contributed by atoms with van der Waals surface area (Å²) < 4.78 is 1.31. The van der Waals surface area contributed by atoms with E-state index in [1.54, 1.807) is 7.05 Å². The van der Waals surface area contributed by atoms with Crippen LogP contribution >= 0.6 is 11.6 Å². The summed E-state index contributed by atoms with van der Waals surface area (Å²) in [4.78, 5) is 21.6. The molecule has 0 aromatic carbocycles. The van der Waals surface area contributed by atoms with E-state index in [2.05, 4.69) is 5.10 Å². The van der Waals surface area contributed by atoms with E-state index in [0.29, 0.717) is 0 Å². The summed E-state index contributed by atoms with van der Waals surface area (Å²) in [5.74, 6) is -0.226. The molecule has 60 valence electrons. The number of rotatable bonds is 1. The Morgan fingerprint density at radius 1 is 1.64 bits per heavy atom. The standard InChI is InChI=1S/C6H7ClN2O2/c1-3(10)5-4(7)6(11)8-9(5)2/h1-2H3,(H,8,11). The van der Waals surface area contributed by atoms with E-state index < -0.39 is 5.56 Å².